The summed E-state index contributed by atoms with van der Waals surface area (Å²) in [7, 11) is 3.54. The van der Waals surface area contributed by atoms with Crippen molar-refractivity contribution in [3.63, 3.8) is 0 Å². The van der Waals surface area contributed by atoms with Gasteiger partial charge < -0.3 is 25.0 Å². The highest BCUT2D eigenvalue weighted by atomic mass is 16.5. The molecule has 2 amide bonds. The lowest BCUT2D eigenvalue weighted by atomic mass is 10.1. The lowest BCUT2D eigenvalue weighted by Gasteiger charge is -2.17. The summed E-state index contributed by atoms with van der Waals surface area (Å²) in [4.78, 5) is 27.0. The molecule has 34 heavy (non-hydrogen) atoms. The number of amides is 2. The van der Waals surface area contributed by atoms with Gasteiger partial charge in [0.15, 0.2) is 0 Å². The number of anilines is 2. The fourth-order valence-electron chi connectivity index (χ4n) is 3.41. The van der Waals surface area contributed by atoms with Crippen molar-refractivity contribution >= 4 is 23.2 Å². The average Bonchev–Trinajstić information content (AvgIpc) is 2.85. The van der Waals surface area contributed by atoms with Crippen molar-refractivity contribution in [3.8, 4) is 11.5 Å². The number of hydrogen-bond acceptors (Lipinski definition) is 5. The molecule has 178 valence electrons. The Bertz CT molecular complexity index is 1080. The van der Waals surface area contributed by atoms with Crippen LogP contribution in [0.5, 0.6) is 11.5 Å². The van der Waals surface area contributed by atoms with E-state index in [1.54, 1.807) is 43.5 Å². The predicted molar refractivity (Wildman–Crippen MR) is 135 cm³/mol. The van der Waals surface area contributed by atoms with Crippen molar-refractivity contribution in [1.29, 1.82) is 0 Å². The molecule has 0 aromatic heterocycles. The number of benzene rings is 3. The summed E-state index contributed by atoms with van der Waals surface area (Å²) in [6.45, 7) is 3.98. The summed E-state index contributed by atoms with van der Waals surface area (Å²) in [6, 6.07) is 22.0. The maximum atomic E-state index is 12.5. The van der Waals surface area contributed by atoms with E-state index in [2.05, 4.69) is 15.5 Å². The van der Waals surface area contributed by atoms with Gasteiger partial charge in [0.2, 0.25) is 5.91 Å². The third-order valence-corrected chi connectivity index (χ3v) is 5.19. The van der Waals surface area contributed by atoms with Crippen molar-refractivity contribution < 1.29 is 19.1 Å². The molecule has 0 bridgehead atoms. The SMILES string of the molecule is CCOc1ccc(CN(C)CCC(=O)Nc2ccc(C(=O)Nc3ccccc3OC)cc2)cc1. The van der Waals surface area contributed by atoms with Crippen LogP contribution < -0.4 is 20.1 Å². The van der Waals surface area contributed by atoms with Crippen LogP contribution in [0.1, 0.15) is 29.3 Å². The minimum Gasteiger partial charge on any atom is -0.495 e. The van der Waals surface area contributed by atoms with E-state index in [-0.39, 0.29) is 11.8 Å². The lowest BCUT2D eigenvalue weighted by molar-refractivity contribution is -0.116. The average molecular weight is 462 g/mol. The second kappa shape index (κ2) is 12.4. The normalized spacial score (nSPS) is 10.6. The zero-order valence-corrected chi connectivity index (χ0v) is 19.8. The Labute approximate surface area is 200 Å². The number of carbonyl (C=O) groups is 2. The van der Waals surface area contributed by atoms with Gasteiger partial charge in [0.1, 0.15) is 11.5 Å². The van der Waals surface area contributed by atoms with Crippen LogP contribution in [-0.4, -0.2) is 44.0 Å². The molecule has 7 nitrogen and oxygen atoms in total. The van der Waals surface area contributed by atoms with Crippen LogP contribution in [0.2, 0.25) is 0 Å². The highest BCUT2D eigenvalue weighted by Crippen LogP contribution is 2.24. The molecular weight excluding hydrogens is 430 g/mol. The molecule has 0 aliphatic heterocycles. The van der Waals surface area contributed by atoms with Crippen molar-refractivity contribution in [2.24, 2.45) is 0 Å². The summed E-state index contributed by atoms with van der Waals surface area (Å²) in [5.41, 5.74) is 2.89. The highest BCUT2D eigenvalue weighted by Gasteiger charge is 2.11. The van der Waals surface area contributed by atoms with Crippen LogP contribution in [-0.2, 0) is 11.3 Å². The van der Waals surface area contributed by atoms with Gasteiger partial charge in [0, 0.05) is 30.8 Å². The Morgan fingerprint density at radius 2 is 1.62 bits per heavy atom. The number of hydrogen-bond donors (Lipinski definition) is 2. The number of nitrogens with one attached hydrogen (secondary N) is 2. The van der Waals surface area contributed by atoms with E-state index in [0.29, 0.717) is 42.3 Å². The zero-order chi connectivity index (χ0) is 24.3. The molecule has 0 atom stereocenters. The Morgan fingerprint density at radius 1 is 0.912 bits per heavy atom. The minimum absolute atomic E-state index is 0.0789. The van der Waals surface area contributed by atoms with Gasteiger partial charge in [-0.15, -0.1) is 0 Å². The fourth-order valence-corrected chi connectivity index (χ4v) is 3.41. The van der Waals surface area contributed by atoms with Crippen LogP contribution >= 0.6 is 0 Å². The van der Waals surface area contributed by atoms with Crippen LogP contribution in [0.25, 0.3) is 0 Å². The maximum absolute atomic E-state index is 12.5. The van der Waals surface area contributed by atoms with E-state index in [4.69, 9.17) is 9.47 Å². The van der Waals surface area contributed by atoms with Gasteiger partial charge in [-0.1, -0.05) is 24.3 Å². The summed E-state index contributed by atoms with van der Waals surface area (Å²) >= 11 is 0. The first-order valence-electron chi connectivity index (χ1n) is 11.2. The first kappa shape index (κ1) is 24.8. The minimum atomic E-state index is -0.252. The van der Waals surface area contributed by atoms with E-state index in [1.807, 2.05) is 50.4 Å². The number of ether oxygens (including phenoxy) is 2. The summed E-state index contributed by atoms with van der Waals surface area (Å²) in [5, 5.41) is 5.72. The number of rotatable bonds is 11. The van der Waals surface area contributed by atoms with E-state index in [0.717, 1.165) is 17.9 Å². The van der Waals surface area contributed by atoms with Gasteiger partial charge in [-0.3, -0.25) is 9.59 Å². The summed E-state index contributed by atoms with van der Waals surface area (Å²) < 4.78 is 10.7. The molecule has 0 aliphatic carbocycles. The summed E-state index contributed by atoms with van der Waals surface area (Å²) in [5.74, 6) is 1.12. The van der Waals surface area contributed by atoms with Crippen LogP contribution in [0, 0.1) is 0 Å². The number of methoxy groups -OCH3 is 1. The first-order chi connectivity index (χ1) is 16.5. The fraction of sp³-hybridized carbons (Fsp3) is 0.259. The van der Waals surface area contributed by atoms with E-state index in [9.17, 15) is 9.59 Å². The van der Waals surface area contributed by atoms with Gasteiger partial charge in [-0.05, 0) is 68.1 Å². The molecule has 0 saturated heterocycles. The quantitative estimate of drug-likeness (QED) is 0.429. The van der Waals surface area contributed by atoms with Crippen LogP contribution in [0.3, 0.4) is 0 Å². The first-order valence-corrected chi connectivity index (χ1v) is 11.2. The monoisotopic (exact) mass is 461 g/mol. The Kier molecular flexibility index (Phi) is 9.05. The second-order valence-electron chi connectivity index (χ2n) is 7.84. The van der Waals surface area contributed by atoms with Crippen molar-refractivity contribution in [2.75, 3.05) is 37.9 Å². The van der Waals surface area contributed by atoms with Crippen molar-refractivity contribution in [1.82, 2.24) is 4.90 Å². The molecule has 0 fully saturated rings. The molecule has 0 unspecified atom stereocenters. The Morgan fingerprint density at radius 3 is 2.29 bits per heavy atom. The third kappa shape index (κ3) is 7.35. The molecule has 0 aliphatic rings. The van der Waals surface area contributed by atoms with Crippen LogP contribution in [0.15, 0.2) is 72.8 Å². The molecule has 0 spiro atoms. The molecule has 3 aromatic rings. The van der Waals surface area contributed by atoms with E-state index in [1.165, 1.54) is 0 Å². The number of carbonyl (C=O) groups excluding carboxylic acids is 2. The van der Waals surface area contributed by atoms with E-state index >= 15 is 0 Å². The Balaban J connectivity index is 1.45. The zero-order valence-electron chi connectivity index (χ0n) is 19.8. The standard InChI is InChI=1S/C27H31N3O4/c1-4-34-23-15-9-20(10-16-23)19-30(2)18-17-26(31)28-22-13-11-21(12-14-22)27(32)29-24-7-5-6-8-25(24)33-3/h5-16H,4,17-19H2,1-3H3,(H,28,31)(H,29,32). The molecule has 0 saturated carbocycles. The number of para-hydroxylation sites is 2. The van der Waals surface area contributed by atoms with Gasteiger partial charge in [-0.25, -0.2) is 0 Å². The largest absolute Gasteiger partial charge is 0.495 e. The lowest BCUT2D eigenvalue weighted by Crippen LogP contribution is -2.24. The van der Waals surface area contributed by atoms with Gasteiger partial charge >= 0.3 is 0 Å². The topological polar surface area (TPSA) is 79.9 Å². The predicted octanol–water partition coefficient (Wildman–Crippen LogP) is 4.81. The van der Waals surface area contributed by atoms with Gasteiger partial charge in [0.25, 0.3) is 5.91 Å². The van der Waals surface area contributed by atoms with Gasteiger partial charge in [0.05, 0.1) is 19.4 Å². The van der Waals surface area contributed by atoms with Crippen molar-refractivity contribution in [2.45, 2.75) is 19.9 Å². The van der Waals surface area contributed by atoms with E-state index < -0.39 is 0 Å². The number of nitrogens with zero attached hydrogens (tertiary/aromatic N) is 1. The van der Waals surface area contributed by atoms with Gasteiger partial charge in [-0.2, -0.15) is 0 Å². The molecule has 0 radical (unpaired) electrons. The molecule has 3 rings (SSSR count). The molecular formula is C27H31N3O4. The summed E-state index contributed by atoms with van der Waals surface area (Å²) in [6.07, 6.45) is 0.365. The molecule has 3 aromatic carbocycles. The smallest absolute Gasteiger partial charge is 0.255 e. The van der Waals surface area contributed by atoms with Crippen LogP contribution in [0.4, 0.5) is 11.4 Å². The molecule has 2 N–H and O–H groups in total. The highest BCUT2D eigenvalue weighted by molar-refractivity contribution is 6.05. The second-order valence-corrected chi connectivity index (χ2v) is 7.84. The molecule has 7 heteroatoms. The third-order valence-electron chi connectivity index (χ3n) is 5.19. The Hall–Kier alpha value is -3.84. The molecule has 0 heterocycles. The maximum Gasteiger partial charge on any atom is 0.255 e. The van der Waals surface area contributed by atoms with Crippen molar-refractivity contribution in [3.05, 3.63) is 83.9 Å².